The number of urea groups is 1. The Hall–Kier alpha value is -2.17. The fourth-order valence-corrected chi connectivity index (χ4v) is 3.51. The molecule has 0 bridgehead atoms. The Kier molecular flexibility index (Phi) is 6.21. The predicted molar refractivity (Wildman–Crippen MR) is 91.9 cm³/mol. The number of imide groups is 1. The van der Waals surface area contributed by atoms with Crippen LogP contribution in [-0.2, 0) is 24.3 Å². The first kappa shape index (κ1) is 20.1. The summed E-state index contributed by atoms with van der Waals surface area (Å²) in [6, 6.07) is 3.59. The van der Waals surface area contributed by atoms with Crippen molar-refractivity contribution < 1.29 is 27.5 Å². The molecule has 0 aliphatic carbocycles. The molecule has 0 aromatic heterocycles. The van der Waals surface area contributed by atoms with Crippen LogP contribution >= 0.6 is 11.6 Å². The number of halogens is 1. The molecule has 1 aliphatic heterocycles. The minimum Gasteiger partial charge on any atom is -0.451 e. The Morgan fingerprint density at radius 2 is 1.88 bits per heavy atom. The molecular weight excluding hydrogens is 386 g/mol. The number of ether oxygens (including phenoxy) is 1. The molecule has 9 nitrogen and oxygen atoms in total. The summed E-state index contributed by atoms with van der Waals surface area (Å²) >= 11 is 5.72. The number of rotatable bonds is 6. The smallest absolute Gasteiger partial charge is 0.324 e. The Balaban J connectivity index is 1.97. The number of sulfonamides is 1. The number of carbonyl (C=O) groups excluding carboxylic acids is 3. The third kappa shape index (κ3) is 4.71. The van der Waals surface area contributed by atoms with Crippen molar-refractivity contribution in [2.24, 2.45) is 0 Å². The monoisotopic (exact) mass is 403 g/mol. The van der Waals surface area contributed by atoms with E-state index in [1.54, 1.807) is 0 Å². The maximum absolute atomic E-state index is 12.2. The van der Waals surface area contributed by atoms with E-state index in [0.29, 0.717) is 11.6 Å². The molecule has 1 fully saturated rings. The molecule has 0 spiro atoms. The highest BCUT2D eigenvalue weighted by Gasteiger charge is 2.33. The summed E-state index contributed by atoms with van der Waals surface area (Å²) in [6.07, 6.45) is -1.23. The lowest BCUT2D eigenvalue weighted by molar-refractivity contribution is -0.158. The molecule has 1 aromatic rings. The number of benzene rings is 1. The van der Waals surface area contributed by atoms with Crippen LogP contribution < -0.4 is 10.0 Å². The second-order valence-corrected chi connectivity index (χ2v) is 7.75. The highest BCUT2D eigenvalue weighted by atomic mass is 35.5. The van der Waals surface area contributed by atoms with Crippen molar-refractivity contribution >= 4 is 39.5 Å². The topological polar surface area (TPSA) is 122 Å². The molecule has 3 amide bonds. The molecule has 0 unspecified atom stereocenters. The third-order valence-corrected chi connectivity index (χ3v) is 5.38. The maximum Gasteiger partial charge on any atom is 0.324 e. The quantitative estimate of drug-likeness (QED) is 0.666. The van der Waals surface area contributed by atoms with Gasteiger partial charge in [0.15, 0.2) is 6.10 Å². The lowest BCUT2D eigenvalue weighted by atomic mass is 10.3. The van der Waals surface area contributed by atoms with Gasteiger partial charge in [0.2, 0.25) is 10.0 Å². The molecule has 1 aromatic carbocycles. The fraction of sp³-hybridized carbons (Fsp3) is 0.400. The summed E-state index contributed by atoms with van der Waals surface area (Å²) in [5.41, 5.74) is 0. The molecule has 2 rings (SSSR count). The van der Waals surface area contributed by atoms with E-state index >= 15 is 0 Å². The van der Waals surface area contributed by atoms with Gasteiger partial charge in [-0.15, -0.1) is 0 Å². The van der Waals surface area contributed by atoms with Gasteiger partial charge in [-0.05, 0) is 38.1 Å². The molecule has 11 heteroatoms. The lowest BCUT2D eigenvalue weighted by Crippen LogP contribution is -2.45. The van der Waals surface area contributed by atoms with Crippen molar-refractivity contribution in [2.45, 2.75) is 30.9 Å². The first-order chi connectivity index (χ1) is 12.1. The summed E-state index contributed by atoms with van der Waals surface area (Å²) in [5.74, 6) is -1.62. The van der Waals surface area contributed by atoms with Gasteiger partial charge < -0.3 is 10.1 Å². The zero-order valence-electron chi connectivity index (χ0n) is 14.1. The van der Waals surface area contributed by atoms with Gasteiger partial charge in [0.25, 0.3) is 5.91 Å². The Morgan fingerprint density at radius 1 is 1.27 bits per heavy atom. The van der Waals surface area contributed by atoms with E-state index < -0.39 is 40.1 Å². The number of amides is 3. The maximum atomic E-state index is 12.2. The van der Waals surface area contributed by atoms with Gasteiger partial charge in [-0.1, -0.05) is 11.6 Å². The lowest BCUT2D eigenvalue weighted by Gasteiger charge is -2.20. The van der Waals surface area contributed by atoms with E-state index in [0.717, 1.165) is 4.90 Å². The van der Waals surface area contributed by atoms with Crippen molar-refractivity contribution in [1.29, 1.82) is 0 Å². The first-order valence-corrected chi connectivity index (χ1v) is 9.55. The van der Waals surface area contributed by atoms with Crippen LogP contribution in [0.4, 0.5) is 4.79 Å². The number of esters is 1. The third-order valence-electron chi connectivity index (χ3n) is 3.57. The van der Waals surface area contributed by atoms with E-state index in [-0.39, 0.29) is 11.4 Å². The average molecular weight is 404 g/mol. The fourth-order valence-electron chi connectivity index (χ4n) is 2.19. The van der Waals surface area contributed by atoms with E-state index in [1.807, 2.05) is 0 Å². The van der Waals surface area contributed by atoms with E-state index in [4.69, 9.17) is 16.3 Å². The summed E-state index contributed by atoms with van der Waals surface area (Å²) in [4.78, 5) is 36.5. The number of nitrogens with one attached hydrogen (secondary N) is 2. The zero-order chi connectivity index (χ0) is 19.5. The number of hydrogen-bond donors (Lipinski definition) is 2. The van der Waals surface area contributed by atoms with E-state index in [9.17, 15) is 22.8 Å². The van der Waals surface area contributed by atoms with Crippen LogP contribution in [0.1, 0.15) is 13.8 Å². The van der Waals surface area contributed by atoms with Crippen LogP contribution in [0.25, 0.3) is 0 Å². The summed E-state index contributed by atoms with van der Waals surface area (Å²) in [6.45, 7) is 3.10. The van der Waals surface area contributed by atoms with E-state index in [2.05, 4.69) is 10.0 Å². The van der Waals surface area contributed by atoms with Crippen LogP contribution in [-0.4, -0.2) is 56.5 Å². The standard InChI is InChI=1S/C15H18ClN3O6S/c1-9(18-26(23,24)12-5-3-11(16)4-6-12)14(21)25-10(2)13(20)19-8-7-17-15(19)22/h3-6,9-10,18H,7-8H2,1-2H3,(H,17,22)/t9-,10-/m0/s1. The molecule has 26 heavy (non-hydrogen) atoms. The molecule has 2 N–H and O–H groups in total. The number of hydrogen-bond acceptors (Lipinski definition) is 6. The van der Waals surface area contributed by atoms with Gasteiger partial charge in [-0.2, -0.15) is 4.72 Å². The molecule has 0 saturated carbocycles. The van der Waals surface area contributed by atoms with Gasteiger partial charge in [0.05, 0.1) is 4.90 Å². The normalized spacial score (nSPS) is 16.7. The largest absolute Gasteiger partial charge is 0.451 e. The molecule has 1 heterocycles. The van der Waals surface area contributed by atoms with Crippen molar-refractivity contribution in [2.75, 3.05) is 13.1 Å². The zero-order valence-corrected chi connectivity index (χ0v) is 15.6. The first-order valence-electron chi connectivity index (χ1n) is 7.69. The summed E-state index contributed by atoms with van der Waals surface area (Å²) in [7, 11) is -3.97. The highest BCUT2D eigenvalue weighted by molar-refractivity contribution is 7.89. The van der Waals surface area contributed by atoms with Crippen molar-refractivity contribution in [3.8, 4) is 0 Å². The molecule has 142 valence electrons. The van der Waals surface area contributed by atoms with Gasteiger partial charge in [-0.25, -0.2) is 13.2 Å². The highest BCUT2D eigenvalue weighted by Crippen LogP contribution is 2.14. The summed E-state index contributed by atoms with van der Waals surface area (Å²) < 4.78 is 31.6. The van der Waals surface area contributed by atoms with Gasteiger partial charge in [0, 0.05) is 18.1 Å². The van der Waals surface area contributed by atoms with Gasteiger partial charge >= 0.3 is 12.0 Å². The second-order valence-electron chi connectivity index (χ2n) is 5.60. The van der Waals surface area contributed by atoms with Gasteiger partial charge in [-0.3, -0.25) is 14.5 Å². The minimum atomic E-state index is -3.97. The number of carbonyl (C=O) groups is 3. The second kappa shape index (κ2) is 8.02. The van der Waals surface area contributed by atoms with Crippen molar-refractivity contribution in [3.63, 3.8) is 0 Å². The van der Waals surface area contributed by atoms with E-state index in [1.165, 1.54) is 38.1 Å². The van der Waals surface area contributed by atoms with Crippen LogP contribution in [0.5, 0.6) is 0 Å². The molecular formula is C15H18ClN3O6S. The van der Waals surface area contributed by atoms with Crippen LogP contribution in [0.3, 0.4) is 0 Å². The van der Waals surface area contributed by atoms with Crippen molar-refractivity contribution in [3.05, 3.63) is 29.3 Å². The average Bonchev–Trinajstić information content (AvgIpc) is 3.00. The molecule has 1 aliphatic rings. The Labute approximate surface area is 155 Å². The molecule has 1 saturated heterocycles. The SMILES string of the molecule is C[C@H](NS(=O)(=O)c1ccc(Cl)cc1)C(=O)O[C@@H](C)C(=O)N1CCNC1=O. The predicted octanol–water partition coefficient (Wildman–Crippen LogP) is 0.490. The van der Waals surface area contributed by atoms with Crippen molar-refractivity contribution in [1.82, 2.24) is 14.9 Å². The van der Waals surface area contributed by atoms with Crippen LogP contribution in [0.15, 0.2) is 29.2 Å². The summed E-state index contributed by atoms with van der Waals surface area (Å²) in [5, 5.41) is 2.83. The minimum absolute atomic E-state index is 0.0700. The molecule has 2 atom stereocenters. The Morgan fingerprint density at radius 3 is 2.42 bits per heavy atom. The van der Waals surface area contributed by atoms with Crippen LogP contribution in [0.2, 0.25) is 5.02 Å². The van der Waals surface area contributed by atoms with Gasteiger partial charge in [0.1, 0.15) is 6.04 Å². The Bertz CT molecular complexity index is 811. The molecule has 0 radical (unpaired) electrons. The number of nitrogens with zero attached hydrogens (tertiary/aromatic N) is 1. The van der Waals surface area contributed by atoms with Crippen LogP contribution in [0, 0.1) is 0 Å².